The van der Waals surface area contributed by atoms with Gasteiger partial charge in [-0.3, -0.25) is 10.1 Å². The fourth-order valence-electron chi connectivity index (χ4n) is 1.52. The molecular weight excluding hydrogens is 324 g/mol. The number of fused-ring (bicyclic) bond motifs is 1. The maximum Gasteiger partial charge on any atom is 0.573 e. The smallest absolute Gasteiger partial charge is 0.406 e. The van der Waals surface area contributed by atoms with E-state index in [2.05, 4.69) is 9.72 Å². The van der Waals surface area contributed by atoms with Gasteiger partial charge in [-0.1, -0.05) is 23.2 Å². The van der Waals surface area contributed by atoms with Crippen LogP contribution in [0.1, 0.15) is 0 Å². The second-order valence-electron chi connectivity index (χ2n) is 3.55. The van der Waals surface area contributed by atoms with Crippen LogP contribution in [-0.4, -0.2) is 16.3 Å². The molecule has 1 aromatic carbocycles. The first-order valence-corrected chi connectivity index (χ1v) is 5.63. The van der Waals surface area contributed by atoms with Crippen LogP contribution in [0, 0.1) is 10.1 Å². The second-order valence-corrected chi connectivity index (χ2v) is 4.29. The third kappa shape index (κ3) is 2.86. The topological polar surface area (TPSA) is 65.3 Å². The van der Waals surface area contributed by atoms with Crippen molar-refractivity contribution in [2.75, 3.05) is 0 Å². The summed E-state index contributed by atoms with van der Waals surface area (Å²) in [5.74, 6) is -0.529. The molecule has 0 unspecified atom stereocenters. The highest BCUT2D eigenvalue weighted by Crippen LogP contribution is 2.38. The van der Waals surface area contributed by atoms with Gasteiger partial charge in [0.2, 0.25) is 5.15 Å². The first kappa shape index (κ1) is 14.6. The molecular formula is C10H3Cl2F3N2O3. The standard InChI is InChI=1S/C10H3Cl2F3N2O3/c11-7-5-2-1-4(20-10(13,14)15)3-6(5)16-9(12)8(7)17(18)19/h1-3H. The lowest BCUT2D eigenvalue weighted by Crippen LogP contribution is -2.17. The van der Waals surface area contributed by atoms with Crippen LogP contribution in [-0.2, 0) is 0 Å². The van der Waals surface area contributed by atoms with Crippen molar-refractivity contribution in [3.05, 3.63) is 38.5 Å². The lowest BCUT2D eigenvalue weighted by Gasteiger charge is -2.09. The summed E-state index contributed by atoms with van der Waals surface area (Å²) in [6.45, 7) is 0. The minimum atomic E-state index is -4.86. The quantitative estimate of drug-likeness (QED) is 0.467. The monoisotopic (exact) mass is 326 g/mol. The second kappa shape index (κ2) is 4.95. The SMILES string of the molecule is O=[N+]([O-])c1c(Cl)nc2cc(OC(F)(F)F)ccc2c1Cl. The van der Waals surface area contributed by atoms with Crippen LogP contribution in [0.4, 0.5) is 18.9 Å². The molecule has 0 fully saturated rings. The highest BCUT2D eigenvalue weighted by Gasteiger charge is 2.31. The Bertz CT molecular complexity index is 706. The Kier molecular flexibility index (Phi) is 3.61. The molecule has 0 aliphatic rings. The number of halogens is 5. The molecule has 1 aromatic heterocycles. The Balaban J connectivity index is 2.61. The molecule has 0 atom stereocenters. The number of rotatable bonds is 2. The maximum absolute atomic E-state index is 12.1. The van der Waals surface area contributed by atoms with Crippen molar-refractivity contribution in [1.82, 2.24) is 4.98 Å². The lowest BCUT2D eigenvalue weighted by atomic mass is 10.2. The molecule has 106 valence electrons. The van der Waals surface area contributed by atoms with Gasteiger partial charge in [0.15, 0.2) is 0 Å². The van der Waals surface area contributed by atoms with Crippen molar-refractivity contribution in [3.63, 3.8) is 0 Å². The van der Waals surface area contributed by atoms with E-state index >= 15 is 0 Å². The van der Waals surface area contributed by atoms with Gasteiger partial charge in [0.05, 0.1) is 10.4 Å². The number of hydrogen-bond donors (Lipinski definition) is 0. The fourth-order valence-corrected chi connectivity index (χ4v) is 2.14. The lowest BCUT2D eigenvalue weighted by molar-refractivity contribution is -0.384. The van der Waals surface area contributed by atoms with E-state index in [0.717, 1.165) is 18.2 Å². The average Bonchev–Trinajstić information content (AvgIpc) is 2.25. The fraction of sp³-hybridized carbons (Fsp3) is 0.100. The van der Waals surface area contributed by atoms with Gasteiger partial charge in [-0.2, -0.15) is 0 Å². The highest BCUT2D eigenvalue weighted by atomic mass is 35.5. The van der Waals surface area contributed by atoms with Gasteiger partial charge in [-0.05, 0) is 12.1 Å². The molecule has 2 rings (SSSR count). The zero-order valence-corrected chi connectivity index (χ0v) is 10.8. The molecule has 0 radical (unpaired) electrons. The summed E-state index contributed by atoms with van der Waals surface area (Å²) in [4.78, 5) is 13.6. The van der Waals surface area contributed by atoms with E-state index in [-0.39, 0.29) is 15.9 Å². The summed E-state index contributed by atoms with van der Waals surface area (Å²) in [6, 6.07) is 3.04. The van der Waals surface area contributed by atoms with E-state index in [1.165, 1.54) is 0 Å². The zero-order valence-electron chi connectivity index (χ0n) is 9.24. The molecule has 0 saturated heterocycles. The normalized spacial score (nSPS) is 11.7. The van der Waals surface area contributed by atoms with E-state index in [1.54, 1.807) is 0 Å². The van der Waals surface area contributed by atoms with Gasteiger partial charge in [-0.25, -0.2) is 4.98 Å². The largest absolute Gasteiger partial charge is 0.573 e. The summed E-state index contributed by atoms with van der Waals surface area (Å²) in [6.07, 6.45) is -4.86. The van der Waals surface area contributed by atoms with E-state index in [0.29, 0.717) is 0 Å². The van der Waals surface area contributed by atoms with Crippen LogP contribution < -0.4 is 4.74 Å². The number of benzene rings is 1. The Labute approximate surface area is 119 Å². The van der Waals surface area contributed by atoms with Crippen molar-refractivity contribution < 1.29 is 22.8 Å². The van der Waals surface area contributed by atoms with Gasteiger partial charge in [0.1, 0.15) is 10.8 Å². The first-order valence-electron chi connectivity index (χ1n) is 4.88. The van der Waals surface area contributed by atoms with Crippen molar-refractivity contribution in [1.29, 1.82) is 0 Å². The molecule has 0 aliphatic heterocycles. The molecule has 0 aliphatic carbocycles. The van der Waals surface area contributed by atoms with Crippen LogP contribution in [0.2, 0.25) is 10.2 Å². The molecule has 0 N–H and O–H groups in total. The van der Waals surface area contributed by atoms with Crippen LogP contribution in [0.3, 0.4) is 0 Å². The number of aromatic nitrogens is 1. The number of nitro groups is 1. The van der Waals surface area contributed by atoms with Crippen LogP contribution >= 0.6 is 23.2 Å². The maximum atomic E-state index is 12.1. The summed E-state index contributed by atoms with van der Waals surface area (Å²) in [5.41, 5.74) is -0.655. The molecule has 5 nitrogen and oxygen atoms in total. The van der Waals surface area contributed by atoms with E-state index in [4.69, 9.17) is 23.2 Å². The van der Waals surface area contributed by atoms with E-state index in [9.17, 15) is 23.3 Å². The van der Waals surface area contributed by atoms with Gasteiger partial charge < -0.3 is 4.74 Å². The number of hydrogen-bond acceptors (Lipinski definition) is 4. The van der Waals surface area contributed by atoms with Crippen molar-refractivity contribution in [2.24, 2.45) is 0 Å². The molecule has 1 heterocycles. The van der Waals surface area contributed by atoms with Crippen LogP contribution in [0.15, 0.2) is 18.2 Å². The molecule has 0 spiro atoms. The number of ether oxygens (including phenoxy) is 1. The summed E-state index contributed by atoms with van der Waals surface area (Å²) >= 11 is 11.4. The minimum Gasteiger partial charge on any atom is -0.406 e. The molecule has 2 aromatic rings. The molecule has 0 bridgehead atoms. The van der Waals surface area contributed by atoms with Gasteiger partial charge in [0.25, 0.3) is 0 Å². The number of nitrogens with zero attached hydrogens (tertiary/aromatic N) is 2. The molecule has 0 amide bonds. The third-order valence-corrected chi connectivity index (χ3v) is 2.89. The predicted octanol–water partition coefficient (Wildman–Crippen LogP) is 4.35. The average molecular weight is 327 g/mol. The van der Waals surface area contributed by atoms with E-state index < -0.39 is 27.9 Å². The number of pyridine rings is 1. The summed E-state index contributed by atoms with van der Waals surface area (Å²) < 4.78 is 40.0. The zero-order chi connectivity index (χ0) is 15.1. The van der Waals surface area contributed by atoms with Gasteiger partial charge in [0, 0.05) is 11.5 Å². The highest BCUT2D eigenvalue weighted by molar-refractivity contribution is 6.41. The van der Waals surface area contributed by atoms with Crippen molar-refractivity contribution >= 4 is 39.8 Å². The van der Waals surface area contributed by atoms with Gasteiger partial charge in [-0.15, -0.1) is 13.2 Å². The Morgan fingerprint density at radius 1 is 1.30 bits per heavy atom. The Morgan fingerprint density at radius 2 is 1.95 bits per heavy atom. The number of alkyl halides is 3. The first-order chi connectivity index (χ1) is 9.19. The predicted molar refractivity (Wildman–Crippen MR) is 65.1 cm³/mol. The summed E-state index contributed by atoms with van der Waals surface area (Å²) in [7, 11) is 0. The molecule has 0 saturated carbocycles. The Morgan fingerprint density at radius 3 is 2.50 bits per heavy atom. The summed E-state index contributed by atoms with van der Waals surface area (Å²) in [5, 5.41) is 10.0. The molecule has 20 heavy (non-hydrogen) atoms. The third-order valence-electron chi connectivity index (χ3n) is 2.24. The van der Waals surface area contributed by atoms with E-state index in [1.807, 2.05) is 0 Å². The van der Waals surface area contributed by atoms with Crippen molar-refractivity contribution in [3.8, 4) is 5.75 Å². The Hall–Kier alpha value is -1.80. The van der Waals surface area contributed by atoms with Crippen LogP contribution in [0.5, 0.6) is 5.75 Å². The molecule has 10 heteroatoms. The van der Waals surface area contributed by atoms with Crippen LogP contribution in [0.25, 0.3) is 10.9 Å². The van der Waals surface area contributed by atoms with Crippen molar-refractivity contribution in [2.45, 2.75) is 6.36 Å². The van der Waals surface area contributed by atoms with Gasteiger partial charge >= 0.3 is 12.0 Å². The minimum absolute atomic E-state index is 0.0487.